The Hall–Kier alpha value is -1.84. The van der Waals surface area contributed by atoms with Crippen molar-refractivity contribution < 1.29 is 9.59 Å². The summed E-state index contributed by atoms with van der Waals surface area (Å²) >= 11 is 0. The lowest BCUT2D eigenvalue weighted by atomic mass is 10.1. The SMILES string of the molecule is CNC(=O)CCN(C)C(=O)c1ccccc1C. The predicted octanol–water partition coefficient (Wildman–Crippen LogP) is 1.20. The van der Waals surface area contributed by atoms with Gasteiger partial charge in [-0.1, -0.05) is 18.2 Å². The first kappa shape index (κ1) is 13.2. The van der Waals surface area contributed by atoms with Gasteiger partial charge < -0.3 is 10.2 Å². The maximum atomic E-state index is 12.1. The van der Waals surface area contributed by atoms with Crippen molar-refractivity contribution in [2.45, 2.75) is 13.3 Å². The summed E-state index contributed by atoms with van der Waals surface area (Å²) in [7, 11) is 3.29. The summed E-state index contributed by atoms with van der Waals surface area (Å²) in [5.41, 5.74) is 1.64. The van der Waals surface area contributed by atoms with Crippen LogP contribution >= 0.6 is 0 Å². The van der Waals surface area contributed by atoms with Crippen LogP contribution in [0.4, 0.5) is 0 Å². The summed E-state index contributed by atoms with van der Waals surface area (Å²) in [5.74, 6) is -0.110. The molecule has 17 heavy (non-hydrogen) atoms. The number of amides is 2. The Balaban J connectivity index is 2.64. The summed E-state index contributed by atoms with van der Waals surface area (Å²) < 4.78 is 0. The molecule has 0 bridgehead atoms. The quantitative estimate of drug-likeness (QED) is 0.851. The lowest BCUT2D eigenvalue weighted by molar-refractivity contribution is -0.120. The van der Waals surface area contributed by atoms with Crippen LogP contribution in [0.3, 0.4) is 0 Å². The average molecular weight is 234 g/mol. The number of nitrogens with zero attached hydrogens (tertiary/aromatic N) is 1. The predicted molar refractivity (Wildman–Crippen MR) is 66.8 cm³/mol. The first-order valence-corrected chi connectivity index (χ1v) is 5.58. The van der Waals surface area contributed by atoms with E-state index in [1.807, 2.05) is 25.1 Å². The van der Waals surface area contributed by atoms with E-state index in [-0.39, 0.29) is 11.8 Å². The zero-order valence-electron chi connectivity index (χ0n) is 10.5. The topological polar surface area (TPSA) is 49.4 Å². The molecule has 0 aliphatic heterocycles. The minimum Gasteiger partial charge on any atom is -0.359 e. The molecule has 1 rings (SSSR count). The summed E-state index contributed by atoms with van der Waals surface area (Å²) in [6.45, 7) is 2.33. The van der Waals surface area contributed by atoms with Gasteiger partial charge in [-0.05, 0) is 18.6 Å². The fourth-order valence-electron chi connectivity index (χ4n) is 1.51. The summed E-state index contributed by atoms with van der Waals surface area (Å²) in [6, 6.07) is 7.44. The van der Waals surface area contributed by atoms with Gasteiger partial charge in [0.05, 0.1) is 0 Å². The maximum Gasteiger partial charge on any atom is 0.253 e. The molecule has 2 amide bonds. The first-order valence-electron chi connectivity index (χ1n) is 5.58. The van der Waals surface area contributed by atoms with Crippen LogP contribution in [-0.2, 0) is 4.79 Å². The minimum atomic E-state index is -0.0607. The lowest BCUT2D eigenvalue weighted by Gasteiger charge is -2.17. The normalized spacial score (nSPS) is 9.82. The number of benzene rings is 1. The van der Waals surface area contributed by atoms with E-state index < -0.39 is 0 Å². The van der Waals surface area contributed by atoms with Crippen LogP contribution in [0.2, 0.25) is 0 Å². The standard InChI is InChI=1S/C13H18N2O2/c1-10-6-4-5-7-11(10)13(17)15(3)9-8-12(16)14-2/h4-7H,8-9H2,1-3H3,(H,14,16). The Morgan fingerprint density at radius 3 is 2.53 bits per heavy atom. The van der Waals surface area contributed by atoms with Crippen molar-refractivity contribution in [3.8, 4) is 0 Å². The second-order valence-electron chi connectivity index (χ2n) is 3.96. The van der Waals surface area contributed by atoms with E-state index in [0.29, 0.717) is 18.5 Å². The van der Waals surface area contributed by atoms with E-state index in [4.69, 9.17) is 0 Å². The Morgan fingerprint density at radius 1 is 1.29 bits per heavy atom. The average Bonchev–Trinajstić information content (AvgIpc) is 2.35. The Morgan fingerprint density at radius 2 is 1.94 bits per heavy atom. The molecule has 0 atom stereocenters. The zero-order chi connectivity index (χ0) is 12.8. The number of hydrogen-bond acceptors (Lipinski definition) is 2. The second kappa shape index (κ2) is 6.03. The van der Waals surface area contributed by atoms with Crippen LogP contribution in [0.25, 0.3) is 0 Å². The van der Waals surface area contributed by atoms with E-state index in [2.05, 4.69) is 5.32 Å². The van der Waals surface area contributed by atoms with E-state index in [1.54, 1.807) is 25.1 Å². The number of carbonyl (C=O) groups excluding carboxylic acids is 2. The molecule has 0 unspecified atom stereocenters. The van der Waals surface area contributed by atoms with Gasteiger partial charge >= 0.3 is 0 Å². The Labute approximate surface area is 102 Å². The highest BCUT2D eigenvalue weighted by molar-refractivity contribution is 5.95. The molecule has 0 aromatic heterocycles. The van der Waals surface area contributed by atoms with Gasteiger partial charge in [0.2, 0.25) is 5.91 Å². The van der Waals surface area contributed by atoms with Gasteiger partial charge in [0.1, 0.15) is 0 Å². The molecule has 4 nitrogen and oxygen atoms in total. The van der Waals surface area contributed by atoms with Gasteiger partial charge in [-0.2, -0.15) is 0 Å². The van der Waals surface area contributed by atoms with Crippen molar-refractivity contribution in [1.82, 2.24) is 10.2 Å². The highest BCUT2D eigenvalue weighted by atomic mass is 16.2. The van der Waals surface area contributed by atoms with Crippen LogP contribution in [-0.4, -0.2) is 37.4 Å². The number of hydrogen-bond donors (Lipinski definition) is 1. The molecular weight excluding hydrogens is 216 g/mol. The molecule has 1 N–H and O–H groups in total. The highest BCUT2D eigenvalue weighted by Crippen LogP contribution is 2.09. The van der Waals surface area contributed by atoms with Gasteiger partial charge in [0, 0.05) is 32.6 Å². The molecule has 92 valence electrons. The zero-order valence-corrected chi connectivity index (χ0v) is 10.5. The van der Waals surface area contributed by atoms with Crippen LogP contribution < -0.4 is 5.32 Å². The van der Waals surface area contributed by atoms with Gasteiger partial charge in [-0.3, -0.25) is 9.59 Å². The number of carbonyl (C=O) groups is 2. The number of rotatable bonds is 4. The van der Waals surface area contributed by atoms with Crippen molar-refractivity contribution in [3.63, 3.8) is 0 Å². The molecule has 0 saturated carbocycles. The fraction of sp³-hybridized carbons (Fsp3) is 0.385. The van der Waals surface area contributed by atoms with E-state index in [1.165, 1.54) is 0 Å². The molecule has 4 heteroatoms. The molecule has 0 saturated heterocycles. The third kappa shape index (κ3) is 3.59. The van der Waals surface area contributed by atoms with Crippen LogP contribution in [0.15, 0.2) is 24.3 Å². The smallest absolute Gasteiger partial charge is 0.253 e. The molecule has 0 aliphatic carbocycles. The first-order chi connectivity index (χ1) is 8.06. The van der Waals surface area contributed by atoms with E-state index in [0.717, 1.165) is 5.56 Å². The Kier molecular flexibility index (Phi) is 4.69. The molecule has 0 spiro atoms. The molecule has 1 aromatic rings. The van der Waals surface area contributed by atoms with Gasteiger partial charge in [-0.25, -0.2) is 0 Å². The summed E-state index contributed by atoms with van der Waals surface area (Å²) in [4.78, 5) is 24.7. The second-order valence-corrected chi connectivity index (χ2v) is 3.96. The van der Waals surface area contributed by atoms with Crippen molar-refractivity contribution in [2.24, 2.45) is 0 Å². The molecule has 1 aromatic carbocycles. The third-order valence-electron chi connectivity index (χ3n) is 2.68. The largest absolute Gasteiger partial charge is 0.359 e. The minimum absolute atomic E-state index is 0.0491. The summed E-state index contributed by atoms with van der Waals surface area (Å²) in [6.07, 6.45) is 0.324. The van der Waals surface area contributed by atoms with Crippen LogP contribution in [0.1, 0.15) is 22.3 Å². The van der Waals surface area contributed by atoms with E-state index >= 15 is 0 Å². The third-order valence-corrected chi connectivity index (χ3v) is 2.68. The highest BCUT2D eigenvalue weighted by Gasteiger charge is 2.13. The lowest BCUT2D eigenvalue weighted by Crippen LogP contribution is -2.31. The van der Waals surface area contributed by atoms with Crippen LogP contribution in [0, 0.1) is 6.92 Å². The molecule has 0 heterocycles. The monoisotopic (exact) mass is 234 g/mol. The number of nitrogens with one attached hydrogen (secondary N) is 1. The Bertz CT molecular complexity index is 416. The van der Waals surface area contributed by atoms with Gasteiger partial charge in [-0.15, -0.1) is 0 Å². The van der Waals surface area contributed by atoms with Crippen molar-refractivity contribution in [3.05, 3.63) is 35.4 Å². The van der Waals surface area contributed by atoms with Gasteiger partial charge in [0.15, 0.2) is 0 Å². The number of aryl methyl sites for hydroxylation is 1. The van der Waals surface area contributed by atoms with Crippen LogP contribution in [0.5, 0.6) is 0 Å². The molecule has 0 radical (unpaired) electrons. The van der Waals surface area contributed by atoms with Crippen molar-refractivity contribution in [1.29, 1.82) is 0 Å². The summed E-state index contributed by atoms with van der Waals surface area (Å²) in [5, 5.41) is 2.53. The molecule has 0 aliphatic rings. The van der Waals surface area contributed by atoms with Crippen molar-refractivity contribution in [2.75, 3.05) is 20.6 Å². The van der Waals surface area contributed by atoms with E-state index in [9.17, 15) is 9.59 Å². The molecular formula is C13H18N2O2. The van der Waals surface area contributed by atoms with Crippen molar-refractivity contribution >= 4 is 11.8 Å². The fourth-order valence-corrected chi connectivity index (χ4v) is 1.51. The van der Waals surface area contributed by atoms with Gasteiger partial charge in [0.25, 0.3) is 5.91 Å². The molecule has 0 fully saturated rings. The maximum absolute atomic E-state index is 12.1.